The van der Waals surface area contributed by atoms with Gasteiger partial charge in [0.25, 0.3) is 0 Å². The molecule has 2 aromatic heterocycles. The number of esters is 1. The first-order valence-corrected chi connectivity index (χ1v) is 11.1. The molecule has 9 heteroatoms. The summed E-state index contributed by atoms with van der Waals surface area (Å²) in [5.41, 5.74) is 1.95. The molecule has 3 rings (SSSR count). The Morgan fingerprint density at radius 3 is 2.71 bits per heavy atom. The molecule has 28 heavy (non-hydrogen) atoms. The summed E-state index contributed by atoms with van der Waals surface area (Å²) in [6, 6.07) is 9.54. The van der Waals surface area contributed by atoms with Gasteiger partial charge in [-0.25, -0.2) is 9.78 Å². The highest BCUT2D eigenvalue weighted by Gasteiger charge is 2.26. The molecule has 1 aromatic carbocycles. The molecule has 0 unspecified atom stereocenters. The SMILES string of the molecule is CCOC(=O)c1c(NC(=O)CSc2nccn2C)sc(Br)c1-c1ccccc1. The first-order valence-electron chi connectivity index (χ1n) is 8.46. The molecule has 1 amide bonds. The van der Waals surface area contributed by atoms with E-state index in [4.69, 9.17) is 4.74 Å². The van der Waals surface area contributed by atoms with Crippen molar-refractivity contribution in [2.24, 2.45) is 7.05 Å². The minimum atomic E-state index is -0.463. The highest BCUT2D eigenvalue weighted by molar-refractivity contribution is 9.11. The van der Waals surface area contributed by atoms with Crippen LogP contribution in [0, 0.1) is 0 Å². The molecule has 0 bridgehead atoms. The Morgan fingerprint density at radius 1 is 1.32 bits per heavy atom. The smallest absolute Gasteiger partial charge is 0.341 e. The average molecular weight is 480 g/mol. The summed E-state index contributed by atoms with van der Waals surface area (Å²) < 4.78 is 7.84. The van der Waals surface area contributed by atoms with E-state index in [2.05, 4.69) is 26.2 Å². The van der Waals surface area contributed by atoms with Crippen molar-refractivity contribution in [2.75, 3.05) is 17.7 Å². The maximum Gasteiger partial charge on any atom is 0.341 e. The van der Waals surface area contributed by atoms with Crippen LogP contribution in [0.25, 0.3) is 11.1 Å². The summed E-state index contributed by atoms with van der Waals surface area (Å²) in [7, 11) is 1.87. The second-order valence-corrected chi connectivity index (χ2v) is 8.98. The van der Waals surface area contributed by atoms with E-state index in [1.807, 2.05) is 48.1 Å². The number of benzene rings is 1. The number of ether oxygens (including phenoxy) is 1. The van der Waals surface area contributed by atoms with Crippen molar-refractivity contribution in [1.29, 1.82) is 0 Å². The molecule has 0 saturated heterocycles. The number of anilines is 1. The Hall–Kier alpha value is -2.10. The van der Waals surface area contributed by atoms with Gasteiger partial charge < -0.3 is 14.6 Å². The number of hydrogen-bond donors (Lipinski definition) is 1. The van der Waals surface area contributed by atoms with E-state index < -0.39 is 5.97 Å². The number of nitrogens with one attached hydrogen (secondary N) is 1. The number of carbonyl (C=O) groups excluding carboxylic acids is 2. The van der Waals surface area contributed by atoms with Gasteiger partial charge in [-0.1, -0.05) is 42.1 Å². The number of imidazole rings is 1. The van der Waals surface area contributed by atoms with Gasteiger partial charge in [0, 0.05) is 25.0 Å². The number of rotatable bonds is 7. The van der Waals surface area contributed by atoms with Crippen molar-refractivity contribution in [1.82, 2.24) is 9.55 Å². The fourth-order valence-corrected chi connectivity index (χ4v) is 5.13. The standard InChI is InChI=1S/C19H18BrN3O3S2/c1-3-26-18(25)15-14(12-7-5-4-6-8-12)16(20)28-17(15)22-13(24)11-27-19-21-9-10-23(19)2/h4-10H,3,11H2,1-2H3,(H,22,24). The molecule has 0 aliphatic carbocycles. The third kappa shape index (κ3) is 4.65. The van der Waals surface area contributed by atoms with Crippen LogP contribution >= 0.6 is 39.0 Å². The Kier molecular flexibility index (Phi) is 6.93. The molecule has 6 nitrogen and oxygen atoms in total. The molecule has 0 atom stereocenters. The number of thioether (sulfide) groups is 1. The number of hydrogen-bond acceptors (Lipinski definition) is 6. The fraction of sp³-hybridized carbons (Fsp3) is 0.211. The van der Waals surface area contributed by atoms with E-state index >= 15 is 0 Å². The summed E-state index contributed by atoms with van der Waals surface area (Å²) in [6.07, 6.45) is 3.50. The first kappa shape index (κ1) is 20.6. The van der Waals surface area contributed by atoms with Gasteiger partial charge in [0.15, 0.2) is 5.16 Å². The third-order valence-corrected chi connectivity index (χ3v) is 6.60. The van der Waals surface area contributed by atoms with Gasteiger partial charge in [-0.3, -0.25) is 4.79 Å². The molecular formula is C19H18BrN3O3S2. The number of carbonyl (C=O) groups is 2. The Morgan fingerprint density at radius 2 is 2.07 bits per heavy atom. The Labute approximate surface area is 179 Å². The Bertz CT molecular complexity index is 986. The largest absolute Gasteiger partial charge is 0.462 e. The van der Waals surface area contributed by atoms with Gasteiger partial charge in [-0.2, -0.15) is 0 Å². The fourth-order valence-electron chi connectivity index (χ4n) is 2.54. The zero-order valence-electron chi connectivity index (χ0n) is 15.3. The Balaban J connectivity index is 1.86. The number of nitrogens with zero attached hydrogens (tertiary/aromatic N) is 2. The minimum absolute atomic E-state index is 0.184. The number of aryl methyl sites for hydroxylation is 1. The number of thiophene rings is 1. The number of aromatic nitrogens is 2. The zero-order valence-corrected chi connectivity index (χ0v) is 18.5. The lowest BCUT2D eigenvalue weighted by Crippen LogP contribution is -2.16. The molecule has 3 aromatic rings. The van der Waals surface area contributed by atoms with Gasteiger partial charge in [-0.05, 0) is 28.4 Å². The molecule has 0 spiro atoms. The van der Waals surface area contributed by atoms with Crippen molar-refractivity contribution in [2.45, 2.75) is 12.1 Å². The van der Waals surface area contributed by atoms with Crippen LogP contribution in [0.3, 0.4) is 0 Å². The molecule has 0 fully saturated rings. The van der Waals surface area contributed by atoms with E-state index in [-0.39, 0.29) is 18.3 Å². The molecule has 0 aliphatic heterocycles. The van der Waals surface area contributed by atoms with Gasteiger partial charge in [0.2, 0.25) is 5.91 Å². The lowest BCUT2D eigenvalue weighted by molar-refractivity contribution is -0.113. The van der Waals surface area contributed by atoms with E-state index in [9.17, 15) is 9.59 Å². The lowest BCUT2D eigenvalue weighted by atomic mass is 10.0. The van der Waals surface area contributed by atoms with Crippen molar-refractivity contribution in [3.05, 3.63) is 52.1 Å². The summed E-state index contributed by atoms with van der Waals surface area (Å²) >= 11 is 6.16. The van der Waals surface area contributed by atoms with Crippen LogP contribution < -0.4 is 5.32 Å². The summed E-state index contributed by atoms with van der Waals surface area (Å²) in [5.74, 6) is -0.495. The highest BCUT2D eigenvalue weighted by Crippen LogP contribution is 2.44. The number of amides is 1. The minimum Gasteiger partial charge on any atom is -0.462 e. The van der Waals surface area contributed by atoms with E-state index in [1.54, 1.807) is 13.1 Å². The maximum atomic E-state index is 12.6. The van der Waals surface area contributed by atoms with Crippen LogP contribution in [-0.2, 0) is 16.6 Å². The van der Waals surface area contributed by atoms with Crippen LogP contribution in [0.4, 0.5) is 5.00 Å². The molecule has 0 saturated carbocycles. The van der Waals surface area contributed by atoms with Crippen LogP contribution in [0.15, 0.2) is 51.7 Å². The molecule has 0 radical (unpaired) electrons. The molecular weight excluding hydrogens is 462 g/mol. The molecule has 146 valence electrons. The monoisotopic (exact) mass is 479 g/mol. The molecule has 2 heterocycles. The predicted molar refractivity (Wildman–Crippen MR) is 116 cm³/mol. The quantitative estimate of drug-likeness (QED) is 0.388. The van der Waals surface area contributed by atoms with Crippen molar-refractivity contribution >= 4 is 55.9 Å². The lowest BCUT2D eigenvalue weighted by Gasteiger charge is -2.09. The predicted octanol–water partition coefficient (Wildman–Crippen LogP) is 4.82. The van der Waals surface area contributed by atoms with Crippen LogP contribution in [-0.4, -0.2) is 33.8 Å². The second-order valence-electron chi connectivity index (χ2n) is 5.70. The summed E-state index contributed by atoms with van der Waals surface area (Å²) in [5, 5.41) is 4.07. The van der Waals surface area contributed by atoms with Gasteiger partial charge in [0.1, 0.15) is 10.6 Å². The second kappa shape index (κ2) is 9.40. The summed E-state index contributed by atoms with van der Waals surface area (Å²) in [6.45, 7) is 2.01. The van der Waals surface area contributed by atoms with Crippen LogP contribution in [0.1, 0.15) is 17.3 Å². The van der Waals surface area contributed by atoms with Crippen molar-refractivity contribution < 1.29 is 14.3 Å². The van der Waals surface area contributed by atoms with E-state index in [0.29, 0.717) is 10.6 Å². The normalized spacial score (nSPS) is 10.7. The third-order valence-electron chi connectivity index (χ3n) is 3.77. The average Bonchev–Trinajstić information content (AvgIpc) is 3.23. The van der Waals surface area contributed by atoms with Crippen LogP contribution in [0.5, 0.6) is 0 Å². The zero-order chi connectivity index (χ0) is 20.1. The van der Waals surface area contributed by atoms with Gasteiger partial charge in [-0.15, -0.1) is 11.3 Å². The van der Waals surface area contributed by atoms with Gasteiger partial charge in [0.05, 0.1) is 16.1 Å². The number of halogens is 1. The van der Waals surface area contributed by atoms with Gasteiger partial charge >= 0.3 is 5.97 Å². The maximum absolute atomic E-state index is 12.6. The highest BCUT2D eigenvalue weighted by atomic mass is 79.9. The summed E-state index contributed by atoms with van der Waals surface area (Å²) in [4.78, 5) is 29.3. The van der Waals surface area contributed by atoms with E-state index in [1.165, 1.54) is 23.1 Å². The first-order chi connectivity index (χ1) is 13.5. The topological polar surface area (TPSA) is 73.2 Å². The molecule has 1 N–H and O–H groups in total. The van der Waals surface area contributed by atoms with Crippen LogP contribution in [0.2, 0.25) is 0 Å². The van der Waals surface area contributed by atoms with Crippen molar-refractivity contribution in [3.63, 3.8) is 0 Å². The molecule has 0 aliphatic rings. The van der Waals surface area contributed by atoms with Crippen molar-refractivity contribution in [3.8, 4) is 11.1 Å². The van der Waals surface area contributed by atoms with E-state index in [0.717, 1.165) is 20.1 Å².